The summed E-state index contributed by atoms with van der Waals surface area (Å²) in [4.78, 5) is 11.7. The summed E-state index contributed by atoms with van der Waals surface area (Å²) in [7, 11) is 0. The molecule has 0 aliphatic carbocycles. The smallest absolute Gasteiger partial charge is 0.345 e. The third-order valence-electron chi connectivity index (χ3n) is 4.89. The minimum absolute atomic E-state index is 0.0889. The zero-order chi connectivity index (χ0) is 24.6. The minimum atomic E-state index is -2.26. The lowest BCUT2D eigenvalue weighted by molar-refractivity contribution is 0.0717. The Morgan fingerprint density at radius 1 is 0.794 bits per heavy atom. The fourth-order valence-electron chi connectivity index (χ4n) is 3.16. The van der Waals surface area contributed by atoms with Gasteiger partial charge in [-0.2, -0.15) is 9.78 Å². The number of carbonyl (C=O) groups is 1. The number of esters is 1. The van der Waals surface area contributed by atoms with Gasteiger partial charge in [-0.1, -0.05) is 48.2 Å². The molecule has 4 rings (SSSR count). The van der Waals surface area contributed by atoms with E-state index < -0.39 is 40.0 Å². The van der Waals surface area contributed by atoms with Crippen molar-refractivity contribution in [3.05, 3.63) is 101 Å². The predicted octanol–water partition coefficient (Wildman–Crippen LogP) is 6.56. The summed E-state index contributed by atoms with van der Waals surface area (Å²) in [6, 6.07) is 15.0. The number of benzene rings is 3. The van der Waals surface area contributed by atoms with Crippen molar-refractivity contribution in [1.29, 1.82) is 0 Å². The largest absolute Gasteiger partial charge is 0.402 e. The number of para-hydroxylation sites is 1. The molecule has 0 saturated carbocycles. The van der Waals surface area contributed by atoms with E-state index in [9.17, 15) is 26.7 Å². The molecule has 0 unspecified atom stereocenters. The van der Waals surface area contributed by atoms with E-state index in [0.29, 0.717) is 11.3 Å². The van der Waals surface area contributed by atoms with Gasteiger partial charge in [-0.3, -0.25) is 0 Å². The van der Waals surface area contributed by atoms with Crippen molar-refractivity contribution in [3.8, 4) is 11.6 Å². The minimum Gasteiger partial charge on any atom is -0.402 e. The second kappa shape index (κ2) is 9.30. The lowest BCUT2D eigenvalue weighted by atomic mass is 10.1. The SMILES string of the molecule is Cc1ccccc1C(=O)Oc1c(Sc2c(F)c(F)c(F)c(F)c2F)c(C)nn1-c1ccccc1. The number of aromatic nitrogens is 2. The van der Waals surface area contributed by atoms with Crippen LogP contribution < -0.4 is 4.74 Å². The predicted molar refractivity (Wildman–Crippen MR) is 115 cm³/mol. The van der Waals surface area contributed by atoms with Crippen LogP contribution in [-0.4, -0.2) is 15.7 Å². The van der Waals surface area contributed by atoms with E-state index in [1.54, 1.807) is 55.5 Å². The number of rotatable bonds is 5. The van der Waals surface area contributed by atoms with E-state index in [4.69, 9.17) is 4.74 Å². The van der Waals surface area contributed by atoms with E-state index in [1.165, 1.54) is 17.7 Å². The molecule has 0 aliphatic rings. The molecule has 0 N–H and O–H groups in total. The van der Waals surface area contributed by atoms with Crippen molar-refractivity contribution in [3.63, 3.8) is 0 Å². The average Bonchev–Trinajstić information content (AvgIpc) is 3.14. The number of ether oxygens (including phenoxy) is 1. The molecule has 3 aromatic carbocycles. The Bertz CT molecular complexity index is 1380. The first-order valence-corrected chi connectivity index (χ1v) is 10.6. The summed E-state index contributed by atoms with van der Waals surface area (Å²) in [6.07, 6.45) is 0. The van der Waals surface area contributed by atoms with Gasteiger partial charge in [-0.05, 0) is 37.6 Å². The maximum Gasteiger partial charge on any atom is 0.345 e. The first-order valence-electron chi connectivity index (χ1n) is 9.82. The number of aryl methyl sites for hydroxylation is 2. The molecule has 10 heteroatoms. The van der Waals surface area contributed by atoms with Gasteiger partial charge < -0.3 is 4.74 Å². The highest BCUT2D eigenvalue weighted by Crippen LogP contribution is 2.42. The molecule has 1 heterocycles. The molecule has 0 radical (unpaired) electrons. The Labute approximate surface area is 195 Å². The highest BCUT2D eigenvalue weighted by molar-refractivity contribution is 7.99. The van der Waals surface area contributed by atoms with Crippen LogP contribution in [0.5, 0.6) is 5.88 Å². The molecular weight excluding hydrogens is 475 g/mol. The first-order chi connectivity index (χ1) is 16.2. The Balaban J connectivity index is 1.87. The third kappa shape index (κ3) is 4.16. The Morgan fingerprint density at radius 3 is 1.97 bits per heavy atom. The van der Waals surface area contributed by atoms with Gasteiger partial charge in [0.1, 0.15) is 0 Å². The summed E-state index contributed by atoms with van der Waals surface area (Å²) in [5.41, 5.74) is 1.44. The number of halogens is 5. The van der Waals surface area contributed by atoms with Crippen molar-refractivity contribution >= 4 is 17.7 Å². The zero-order valence-corrected chi connectivity index (χ0v) is 18.5. The second-order valence-corrected chi connectivity index (χ2v) is 8.19. The monoisotopic (exact) mass is 490 g/mol. The summed E-state index contributed by atoms with van der Waals surface area (Å²) in [5.74, 6) is -11.4. The number of nitrogens with zero attached hydrogens (tertiary/aromatic N) is 2. The normalized spacial score (nSPS) is 11.0. The standard InChI is InChI=1S/C24H15F5N2O2S/c1-12-8-6-7-11-15(12)24(32)33-23-21(13(2)30-31(23)14-9-4-3-5-10-14)34-22-19(28)17(26)16(25)18(27)20(22)29/h3-11H,1-2H3. The molecule has 4 aromatic rings. The van der Waals surface area contributed by atoms with Crippen LogP contribution in [0, 0.1) is 42.9 Å². The average molecular weight is 490 g/mol. The molecule has 0 saturated heterocycles. The lowest BCUT2D eigenvalue weighted by Crippen LogP contribution is -2.13. The van der Waals surface area contributed by atoms with Crippen molar-refractivity contribution in [1.82, 2.24) is 9.78 Å². The molecular formula is C24H15F5N2O2S. The first kappa shape index (κ1) is 23.5. The van der Waals surface area contributed by atoms with E-state index in [0.717, 1.165) is 0 Å². The van der Waals surface area contributed by atoms with Crippen LogP contribution >= 0.6 is 11.8 Å². The number of hydrogen-bond donors (Lipinski definition) is 0. The van der Waals surface area contributed by atoms with Crippen molar-refractivity contribution < 1.29 is 31.5 Å². The molecule has 0 amide bonds. The van der Waals surface area contributed by atoms with Crippen LogP contribution in [0.1, 0.15) is 21.6 Å². The second-order valence-electron chi connectivity index (χ2n) is 7.17. The Kier molecular flexibility index (Phi) is 6.43. The molecule has 34 heavy (non-hydrogen) atoms. The molecule has 0 bridgehead atoms. The Morgan fingerprint density at radius 2 is 1.35 bits per heavy atom. The van der Waals surface area contributed by atoms with Crippen molar-refractivity contribution in [2.24, 2.45) is 0 Å². The van der Waals surface area contributed by atoms with E-state index in [1.807, 2.05) is 0 Å². The highest BCUT2D eigenvalue weighted by atomic mass is 32.2. The fourth-order valence-corrected chi connectivity index (χ4v) is 4.13. The number of carbonyl (C=O) groups excluding carboxylic acids is 1. The van der Waals surface area contributed by atoms with Gasteiger partial charge in [0.25, 0.3) is 0 Å². The van der Waals surface area contributed by atoms with Crippen LogP contribution in [0.3, 0.4) is 0 Å². The van der Waals surface area contributed by atoms with E-state index in [2.05, 4.69) is 5.10 Å². The van der Waals surface area contributed by atoms with Crippen LogP contribution in [0.25, 0.3) is 5.69 Å². The van der Waals surface area contributed by atoms with E-state index in [-0.39, 0.29) is 33.8 Å². The molecule has 0 fully saturated rings. The molecule has 0 aliphatic heterocycles. The maximum atomic E-state index is 14.4. The van der Waals surface area contributed by atoms with Crippen molar-refractivity contribution in [2.45, 2.75) is 23.6 Å². The van der Waals surface area contributed by atoms with Crippen LogP contribution in [-0.2, 0) is 0 Å². The van der Waals surface area contributed by atoms with Gasteiger partial charge in [0.05, 0.1) is 26.7 Å². The van der Waals surface area contributed by atoms with E-state index >= 15 is 0 Å². The third-order valence-corrected chi connectivity index (χ3v) is 6.13. The van der Waals surface area contributed by atoms with Gasteiger partial charge >= 0.3 is 5.97 Å². The quantitative estimate of drug-likeness (QED) is 0.138. The molecule has 0 spiro atoms. The number of hydrogen-bond acceptors (Lipinski definition) is 4. The molecule has 0 atom stereocenters. The van der Waals surface area contributed by atoms with Crippen LogP contribution in [0.15, 0.2) is 64.4 Å². The summed E-state index contributed by atoms with van der Waals surface area (Å²) < 4.78 is 76.6. The summed E-state index contributed by atoms with van der Waals surface area (Å²) >= 11 is 0.231. The van der Waals surface area contributed by atoms with Crippen LogP contribution in [0.4, 0.5) is 22.0 Å². The molecule has 4 nitrogen and oxygen atoms in total. The van der Waals surface area contributed by atoms with Gasteiger partial charge in [-0.15, -0.1) is 0 Å². The summed E-state index contributed by atoms with van der Waals surface area (Å²) in [6.45, 7) is 3.15. The molecule has 174 valence electrons. The van der Waals surface area contributed by atoms with Crippen molar-refractivity contribution in [2.75, 3.05) is 0 Å². The topological polar surface area (TPSA) is 44.1 Å². The van der Waals surface area contributed by atoms with Gasteiger partial charge in [-0.25, -0.2) is 26.7 Å². The van der Waals surface area contributed by atoms with Crippen LogP contribution in [0.2, 0.25) is 0 Å². The Hall–Kier alpha value is -3.66. The maximum absolute atomic E-state index is 14.4. The lowest BCUT2D eigenvalue weighted by Gasteiger charge is -2.12. The van der Waals surface area contributed by atoms with Gasteiger partial charge in [0, 0.05) is 0 Å². The zero-order valence-electron chi connectivity index (χ0n) is 17.7. The molecule has 1 aromatic heterocycles. The fraction of sp³-hybridized carbons (Fsp3) is 0.0833. The van der Waals surface area contributed by atoms with Gasteiger partial charge in [0.2, 0.25) is 11.7 Å². The summed E-state index contributed by atoms with van der Waals surface area (Å²) in [5, 5.41) is 4.28. The van der Waals surface area contributed by atoms with Gasteiger partial charge in [0.15, 0.2) is 23.3 Å². The highest BCUT2D eigenvalue weighted by Gasteiger charge is 2.30.